The SMILES string of the molecule is CCNC(=O)CNCc1ccc(C(=O)O)cc1Br. The second-order valence-corrected chi connectivity index (χ2v) is 4.52. The van der Waals surface area contributed by atoms with Gasteiger partial charge in [-0.1, -0.05) is 22.0 Å². The van der Waals surface area contributed by atoms with Gasteiger partial charge in [0.05, 0.1) is 12.1 Å². The molecular weight excluding hydrogens is 300 g/mol. The minimum Gasteiger partial charge on any atom is -0.478 e. The van der Waals surface area contributed by atoms with E-state index in [2.05, 4.69) is 26.6 Å². The Kier molecular flexibility index (Phi) is 5.80. The zero-order valence-corrected chi connectivity index (χ0v) is 11.6. The van der Waals surface area contributed by atoms with Gasteiger partial charge in [-0.2, -0.15) is 0 Å². The molecule has 98 valence electrons. The number of carbonyl (C=O) groups is 2. The van der Waals surface area contributed by atoms with E-state index in [1.807, 2.05) is 6.92 Å². The van der Waals surface area contributed by atoms with Crippen LogP contribution < -0.4 is 10.6 Å². The van der Waals surface area contributed by atoms with E-state index in [0.717, 1.165) is 5.56 Å². The van der Waals surface area contributed by atoms with Gasteiger partial charge in [-0.3, -0.25) is 4.79 Å². The lowest BCUT2D eigenvalue weighted by Crippen LogP contribution is -2.33. The number of carbonyl (C=O) groups excluding carboxylic acids is 1. The monoisotopic (exact) mass is 314 g/mol. The van der Waals surface area contributed by atoms with Crippen molar-refractivity contribution in [3.63, 3.8) is 0 Å². The Morgan fingerprint density at radius 2 is 2.11 bits per heavy atom. The predicted octanol–water partition coefficient (Wildman–Crippen LogP) is 1.37. The number of halogens is 1. The number of hydrogen-bond acceptors (Lipinski definition) is 3. The molecule has 0 aromatic heterocycles. The van der Waals surface area contributed by atoms with E-state index in [-0.39, 0.29) is 18.0 Å². The van der Waals surface area contributed by atoms with E-state index in [1.54, 1.807) is 12.1 Å². The van der Waals surface area contributed by atoms with E-state index in [0.29, 0.717) is 17.6 Å². The lowest BCUT2D eigenvalue weighted by molar-refractivity contribution is -0.120. The summed E-state index contributed by atoms with van der Waals surface area (Å²) in [7, 11) is 0. The second kappa shape index (κ2) is 7.13. The number of rotatable bonds is 6. The Morgan fingerprint density at radius 3 is 2.67 bits per heavy atom. The summed E-state index contributed by atoms with van der Waals surface area (Å²) in [4.78, 5) is 21.9. The summed E-state index contributed by atoms with van der Waals surface area (Å²) in [5.41, 5.74) is 1.14. The first-order chi connectivity index (χ1) is 8.54. The predicted molar refractivity (Wildman–Crippen MR) is 71.5 cm³/mol. The fourth-order valence-corrected chi connectivity index (χ4v) is 1.91. The highest BCUT2D eigenvalue weighted by Crippen LogP contribution is 2.18. The molecule has 0 atom stereocenters. The van der Waals surface area contributed by atoms with Crippen LogP contribution in [0.25, 0.3) is 0 Å². The van der Waals surface area contributed by atoms with Gasteiger partial charge in [0.15, 0.2) is 0 Å². The van der Waals surface area contributed by atoms with Crippen LogP contribution in [0.4, 0.5) is 0 Å². The molecule has 0 bridgehead atoms. The molecule has 1 aromatic rings. The van der Waals surface area contributed by atoms with Crippen molar-refractivity contribution in [2.24, 2.45) is 0 Å². The van der Waals surface area contributed by atoms with Gasteiger partial charge in [0.1, 0.15) is 0 Å². The van der Waals surface area contributed by atoms with Crippen LogP contribution in [0.5, 0.6) is 0 Å². The van der Waals surface area contributed by atoms with Gasteiger partial charge in [-0.15, -0.1) is 0 Å². The van der Waals surface area contributed by atoms with Gasteiger partial charge < -0.3 is 15.7 Å². The van der Waals surface area contributed by atoms with Gasteiger partial charge >= 0.3 is 5.97 Å². The summed E-state index contributed by atoms with van der Waals surface area (Å²) >= 11 is 3.31. The van der Waals surface area contributed by atoms with Crippen LogP contribution in [0.1, 0.15) is 22.8 Å². The maximum absolute atomic E-state index is 11.2. The third-order valence-corrected chi connectivity index (χ3v) is 3.01. The molecule has 18 heavy (non-hydrogen) atoms. The zero-order valence-electron chi connectivity index (χ0n) is 10.00. The van der Waals surface area contributed by atoms with Crippen molar-refractivity contribution in [1.29, 1.82) is 0 Å². The van der Waals surface area contributed by atoms with Crippen LogP contribution in [0.15, 0.2) is 22.7 Å². The fraction of sp³-hybridized carbons (Fsp3) is 0.333. The van der Waals surface area contributed by atoms with Crippen molar-refractivity contribution in [1.82, 2.24) is 10.6 Å². The molecule has 0 fully saturated rings. The summed E-state index contributed by atoms with van der Waals surface area (Å²) in [5, 5.41) is 14.5. The van der Waals surface area contributed by atoms with Crippen molar-refractivity contribution >= 4 is 27.8 Å². The number of nitrogens with one attached hydrogen (secondary N) is 2. The molecule has 0 saturated heterocycles. The molecule has 3 N–H and O–H groups in total. The number of aromatic carboxylic acids is 1. The Labute approximate surface area is 114 Å². The highest BCUT2D eigenvalue weighted by molar-refractivity contribution is 9.10. The van der Waals surface area contributed by atoms with Crippen LogP contribution in [0.2, 0.25) is 0 Å². The smallest absolute Gasteiger partial charge is 0.335 e. The molecule has 1 rings (SSSR count). The van der Waals surface area contributed by atoms with E-state index >= 15 is 0 Å². The minimum atomic E-state index is -0.961. The number of carboxylic acid groups (broad SMARTS) is 1. The van der Waals surface area contributed by atoms with Gasteiger partial charge in [0, 0.05) is 17.6 Å². The van der Waals surface area contributed by atoms with Crippen molar-refractivity contribution in [3.8, 4) is 0 Å². The second-order valence-electron chi connectivity index (χ2n) is 3.67. The van der Waals surface area contributed by atoms with Crippen LogP contribution in [0.3, 0.4) is 0 Å². The van der Waals surface area contributed by atoms with Gasteiger partial charge in [0.2, 0.25) is 5.91 Å². The number of likely N-dealkylation sites (N-methyl/N-ethyl adjacent to an activating group) is 1. The molecule has 6 heteroatoms. The van der Waals surface area contributed by atoms with Gasteiger partial charge in [-0.25, -0.2) is 4.79 Å². The van der Waals surface area contributed by atoms with Crippen LogP contribution in [-0.2, 0) is 11.3 Å². The number of amides is 1. The van der Waals surface area contributed by atoms with Crippen molar-refractivity contribution in [2.75, 3.05) is 13.1 Å². The number of benzene rings is 1. The largest absolute Gasteiger partial charge is 0.478 e. The van der Waals surface area contributed by atoms with E-state index in [1.165, 1.54) is 6.07 Å². The first-order valence-corrected chi connectivity index (χ1v) is 6.33. The fourth-order valence-electron chi connectivity index (χ4n) is 1.39. The van der Waals surface area contributed by atoms with Crippen molar-refractivity contribution in [2.45, 2.75) is 13.5 Å². The van der Waals surface area contributed by atoms with Crippen LogP contribution in [-0.4, -0.2) is 30.1 Å². The quantitative estimate of drug-likeness (QED) is 0.741. The average Bonchev–Trinajstić information content (AvgIpc) is 2.31. The summed E-state index contributed by atoms with van der Waals surface area (Å²) in [6.07, 6.45) is 0. The molecule has 1 amide bonds. The molecule has 0 spiro atoms. The minimum absolute atomic E-state index is 0.0595. The molecule has 1 aromatic carbocycles. The zero-order chi connectivity index (χ0) is 13.5. The van der Waals surface area contributed by atoms with Crippen molar-refractivity contribution < 1.29 is 14.7 Å². The molecule has 5 nitrogen and oxygen atoms in total. The van der Waals surface area contributed by atoms with Crippen molar-refractivity contribution in [3.05, 3.63) is 33.8 Å². The highest BCUT2D eigenvalue weighted by atomic mass is 79.9. The normalized spacial score (nSPS) is 10.1. The molecule has 0 aliphatic rings. The Bertz CT molecular complexity index is 449. The Hall–Kier alpha value is -1.40. The molecule has 0 aliphatic heterocycles. The van der Waals surface area contributed by atoms with Crippen LogP contribution in [0, 0.1) is 0 Å². The standard InChI is InChI=1S/C12H15BrN2O3/c1-2-15-11(16)7-14-6-9-4-3-8(12(17)18)5-10(9)13/h3-5,14H,2,6-7H2,1H3,(H,15,16)(H,17,18). The van der Waals surface area contributed by atoms with E-state index < -0.39 is 5.97 Å². The molecule has 0 unspecified atom stereocenters. The van der Waals surface area contributed by atoms with Crippen LogP contribution >= 0.6 is 15.9 Å². The molecule has 0 aliphatic carbocycles. The third-order valence-electron chi connectivity index (χ3n) is 2.27. The Morgan fingerprint density at radius 1 is 1.39 bits per heavy atom. The maximum Gasteiger partial charge on any atom is 0.335 e. The third kappa shape index (κ3) is 4.46. The summed E-state index contributed by atoms with van der Waals surface area (Å²) in [6, 6.07) is 4.81. The highest BCUT2D eigenvalue weighted by Gasteiger charge is 2.07. The molecule has 0 saturated carbocycles. The summed E-state index contributed by atoms with van der Waals surface area (Å²) < 4.78 is 0.714. The van der Waals surface area contributed by atoms with E-state index in [9.17, 15) is 9.59 Å². The molecular formula is C12H15BrN2O3. The van der Waals surface area contributed by atoms with E-state index in [4.69, 9.17) is 5.11 Å². The summed E-state index contributed by atoms with van der Waals surface area (Å²) in [6.45, 7) is 3.20. The number of carboxylic acids is 1. The lowest BCUT2D eigenvalue weighted by atomic mass is 10.1. The number of hydrogen-bond donors (Lipinski definition) is 3. The Balaban J connectivity index is 2.53. The first-order valence-electron chi connectivity index (χ1n) is 5.53. The lowest BCUT2D eigenvalue weighted by Gasteiger charge is -2.07. The summed E-state index contributed by atoms with van der Waals surface area (Å²) in [5.74, 6) is -1.02. The molecule has 0 heterocycles. The molecule has 0 radical (unpaired) electrons. The average molecular weight is 315 g/mol. The first kappa shape index (κ1) is 14.7. The van der Waals surface area contributed by atoms with Gasteiger partial charge in [-0.05, 0) is 24.6 Å². The van der Waals surface area contributed by atoms with Gasteiger partial charge in [0.25, 0.3) is 0 Å². The maximum atomic E-state index is 11.2. The topological polar surface area (TPSA) is 78.4 Å².